The molecule has 0 aliphatic heterocycles. The minimum absolute atomic E-state index is 0.0664. The Kier molecular flexibility index (Phi) is 3.43. The molecule has 0 atom stereocenters. The average molecular weight is 325 g/mol. The van der Waals surface area contributed by atoms with Crippen LogP contribution in [0.3, 0.4) is 0 Å². The van der Waals surface area contributed by atoms with Crippen molar-refractivity contribution in [3.63, 3.8) is 0 Å². The van der Waals surface area contributed by atoms with Crippen LogP contribution in [0, 0.1) is 5.41 Å². The van der Waals surface area contributed by atoms with E-state index in [-0.39, 0.29) is 11.1 Å². The van der Waals surface area contributed by atoms with Crippen molar-refractivity contribution in [1.82, 2.24) is 19.2 Å². The van der Waals surface area contributed by atoms with Gasteiger partial charge in [0.2, 0.25) is 0 Å². The normalized spacial score (nSPS) is 18.8. The molecule has 19 heavy (non-hydrogen) atoms. The van der Waals surface area contributed by atoms with Gasteiger partial charge in [-0.15, -0.1) is 5.10 Å². The smallest absolute Gasteiger partial charge is 0.259 e. The summed E-state index contributed by atoms with van der Waals surface area (Å²) >= 11 is 3.63. The van der Waals surface area contributed by atoms with E-state index in [4.69, 9.17) is 0 Å². The maximum atomic E-state index is 12.3. The maximum Gasteiger partial charge on any atom is 0.350 e. The lowest BCUT2D eigenvalue weighted by atomic mass is 9.76. The van der Waals surface area contributed by atoms with Gasteiger partial charge in [0.1, 0.15) is 0 Å². The zero-order chi connectivity index (χ0) is 13.3. The Labute approximate surface area is 119 Å². The van der Waals surface area contributed by atoms with Gasteiger partial charge in [0, 0.05) is 17.7 Å². The summed E-state index contributed by atoms with van der Waals surface area (Å²) in [5.74, 6) is 0. The molecular formula is C13H17BrN4O. The molecule has 6 heteroatoms. The van der Waals surface area contributed by atoms with E-state index in [0.29, 0.717) is 12.2 Å². The molecule has 1 aliphatic rings. The highest BCUT2D eigenvalue weighted by Crippen LogP contribution is 2.38. The first-order chi connectivity index (χ1) is 9.24. The highest BCUT2D eigenvalue weighted by molar-refractivity contribution is 9.09. The van der Waals surface area contributed by atoms with Gasteiger partial charge in [-0.2, -0.15) is 0 Å². The highest BCUT2D eigenvalue weighted by atomic mass is 79.9. The van der Waals surface area contributed by atoms with Gasteiger partial charge >= 0.3 is 5.69 Å². The van der Waals surface area contributed by atoms with Crippen molar-refractivity contribution in [2.75, 3.05) is 5.33 Å². The summed E-state index contributed by atoms with van der Waals surface area (Å²) in [5.41, 5.74) is 0.726. The van der Waals surface area contributed by atoms with Gasteiger partial charge in [-0.25, -0.2) is 13.9 Å². The lowest BCUT2D eigenvalue weighted by molar-refractivity contribution is 0.181. The molecule has 0 amide bonds. The molecule has 0 saturated heterocycles. The second kappa shape index (κ2) is 5.07. The van der Waals surface area contributed by atoms with Crippen molar-refractivity contribution < 1.29 is 0 Å². The summed E-state index contributed by atoms with van der Waals surface area (Å²) in [5, 5.41) is 5.31. The SMILES string of the molecule is O=c1n(CC2(CBr)CCCCC2)nc2cnccn12. The number of fused-ring (bicyclic) bond motifs is 1. The summed E-state index contributed by atoms with van der Waals surface area (Å²) < 4.78 is 3.15. The Morgan fingerprint density at radius 2 is 2.11 bits per heavy atom. The van der Waals surface area contributed by atoms with Crippen molar-refractivity contribution in [1.29, 1.82) is 0 Å². The number of rotatable bonds is 3. The third-order valence-electron chi connectivity index (χ3n) is 4.07. The van der Waals surface area contributed by atoms with E-state index in [1.807, 2.05) is 0 Å². The summed E-state index contributed by atoms with van der Waals surface area (Å²) in [7, 11) is 0. The molecule has 0 aromatic carbocycles. The molecule has 0 bridgehead atoms. The van der Waals surface area contributed by atoms with E-state index in [1.54, 1.807) is 27.7 Å². The van der Waals surface area contributed by atoms with Crippen LogP contribution in [-0.4, -0.2) is 24.5 Å². The van der Waals surface area contributed by atoms with Crippen molar-refractivity contribution in [3.05, 3.63) is 29.1 Å². The lowest BCUT2D eigenvalue weighted by Crippen LogP contribution is -2.35. The molecule has 0 N–H and O–H groups in total. The molecule has 2 aromatic rings. The first-order valence-corrected chi connectivity index (χ1v) is 7.81. The molecular weight excluding hydrogens is 308 g/mol. The average Bonchev–Trinajstić information content (AvgIpc) is 2.77. The van der Waals surface area contributed by atoms with Gasteiger partial charge in [-0.05, 0) is 18.3 Å². The number of hydrogen-bond acceptors (Lipinski definition) is 3. The highest BCUT2D eigenvalue weighted by Gasteiger charge is 2.32. The standard InChI is InChI=1S/C13H17BrN4O/c14-9-13(4-2-1-3-5-13)10-18-12(19)17-7-6-15-8-11(17)16-18/h6-8H,1-5,9-10H2. The Morgan fingerprint density at radius 3 is 2.79 bits per heavy atom. The molecule has 102 valence electrons. The predicted octanol–water partition coefficient (Wildman–Crippen LogP) is 2.24. The first-order valence-electron chi connectivity index (χ1n) is 6.69. The van der Waals surface area contributed by atoms with Crippen LogP contribution < -0.4 is 5.69 Å². The number of halogens is 1. The number of hydrogen-bond donors (Lipinski definition) is 0. The summed E-state index contributed by atoms with van der Waals surface area (Å²) in [6.07, 6.45) is 11.0. The largest absolute Gasteiger partial charge is 0.350 e. The Morgan fingerprint density at radius 1 is 1.32 bits per heavy atom. The molecule has 2 heterocycles. The Balaban J connectivity index is 1.96. The van der Waals surface area contributed by atoms with Gasteiger partial charge in [0.25, 0.3) is 0 Å². The van der Waals surface area contributed by atoms with Crippen LogP contribution in [0.1, 0.15) is 32.1 Å². The quantitative estimate of drug-likeness (QED) is 0.813. The van der Waals surface area contributed by atoms with Gasteiger partial charge in [0.05, 0.1) is 12.7 Å². The van der Waals surface area contributed by atoms with Gasteiger partial charge in [-0.3, -0.25) is 4.98 Å². The van der Waals surface area contributed by atoms with E-state index < -0.39 is 0 Å². The van der Waals surface area contributed by atoms with Crippen molar-refractivity contribution in [2.24, 2.45) is 5.41 Å². The van der Waals surface area contributed by atoms with E-state index >= 15 is 0 Å². The van der Waals surface area contributed by atoms with Crippen LogP contribution >= 0.6 is 15.9 Å². The Hall–Kier alpha value is -1.17. The molecule has 2 aromatic heterocycles. The fourth-order valence-corrected chi connectivity index (χ4v) is 3.67. The number of nitrogens with zero attached hydrogens (tertiary/aromatic N) is 4. The minimum Gasteiger partial charge on any atom is -0.259 e. The molecule has 3 rings (SSSR count). The van der Waals surface area contributed by atoms with Crippen LogP contribution in [0.5, 0.6) is 0 Å². The second-order valence-electron chi connectivity index (χ2n) is 5.44. The molecule has 1 saturated carbocycles. The molecule has 0 unspecified atom stereocenters. The van der Waals surface area contributed by atoms with Crippen molar-refractivity contribution in [3.8, 4) is 0 Å². The molecule has 0 radical (unpaired) electrons. The van der Waals surface area contributed by atoms with Crippen molar-refractivity contribution in [2.45, 2.75) is 38.6 Å². The third kappa shape index (κ3) is 2.33. The van der Waals surface area contributed by atoms with E-state index in [0.717, 1.165) is 18.2 Å². The number of aromatic nitrogens is 4. The zero-order valence-corrected chi connectivity index (χ0v) is 12.3. The van der Waals surface area contributed by atoms with E-state index in [1.165, 1.54) is 19.3 Å². The van der Waals surface area contributed by atoms with Gasteiger partial charge < -0.3 is 0 Å². The minimum atomic E-state index is -0.0664. The fraction of sp³-hybridized carbons (Fsp3) is 0.615. The van der Waals surface area contributed by atoms with E-state index in [2.05, 4.69) is 26.0 Å². The summed E-state index contributed by atoms with van der Waals surface area (Å²) in [6.45, 7) is 0.693. The molecule has 1 fully saturated rings. The topological polar surface area (TPSA) is 52.2 Å². The zero-order valence-electron chi connectivity index (χ0n) is 10.8. The van der Waals surface area contributed by atoms with Crippen LogP contribution in [0.4, 0.5) is 0 Å². The monoisotopic (exact) mass is 324 g/mol. The third-order valence-corrected chi connectivity index (χ3v) is 5.26. The second-order valence-corrected chi connectivity index (χ2v) is 6.00. The number of alkyl halides is 1. The predicted molar refractivity (Wildman–Crippen MR) is 76.6 cm³/mol. The van der Waals surface area contributed by atoms with Gasteiger partial charge in [-0.1, -0.05) is 35.2 Å². The summed E-state index contributed by atoms with van der Waals surface area (Å²) in [4.78, 5) is 16.3. The fourth-order valence-electron chi connectivity index (χ4n) is 2.94. The molecule has 0 spiro atoms. The maximum absolute atomic E-state index is 12.3. The Bertz CT molecular complexity index is 627. The van der Waals surface area contributed by atoms with Crippen LogP contribution in [0.15, 0.2) is 23.4 Å². The lowest BCUT2D eigenvalue weighted by Gasteiger charge is -2.35. The molecule has 5 nitrogen and oxygen atoms in total. The van der Waals surface area contributed by atoms with Crippen LogP contribution in [0.25, 0.3) is 5.65 Å². The first kappa shape index (κ1) is 12.8. The van der Waals surface area contributed by atoms with Crippen LogP contribution in [0.2, 0.25) is 0 Å². The van der Waals surface area contributed by atoms with Gasteiger partial charge in [0.15, 0.2) is 5.65 Å². The summed E-state index contributed by atoms with van der Waals surface area (Å²) in [6, 6.07) is 0. The van der Waals surface area contributed by atoms with E-state index in [9.17, 15) is 4.79 Å². The van der Waals surface area contributed by atoms with Crippen LogP contribution in [-0.2, 0) is 6.54 Å². The van der Waals surface area contributed by atoms with Crippen molar-refractivity contribution >= 4 is 21.6 Å². The molecule has 1 aliphatic carbocycles.